The summed E-state index contributed by atoms with van der Waals surface area (Å²) in [5, 5.41) is 15.9. The number of hydrogen-bond acceptors (Lipinski definition) is 6. The maximum Gasteiger partial charge on any atom is 0.335 e. The summed E-state index contributed by atoms with van der Waals surface area (Å²) in [6, 6.07) is 18.9. The van der Waals surface area contributed by atoms with Gasteiger partial charge in [0.2, 0.25) is 0 Å². The van der Waals surface area contributed by atoms with Crippen LogP contribution in [0.3, 0.4) is 0 Å². The number of ether oxygens (including phenoxy) is 3. The average molecular weight is 449 g/mol. The molecule has 1 aliphatic rings. The molecule has 0 aromatic heterocycles. The molecule has 7 nitrogen and oxygen atoms in total. The number of carbonyl (C=O) groups is 1. The van der Waals surface area contributed by atoms with Gasteiger partial charge in [0.05, 0.1) is 37.8 Å². The summed E-state index contributed by atoms with van der Waals surface area (Å²) >= 11 is 0. The van der Waals surface area contributed by atoms with Crippen molar-refractivity contribution in [3.8, 4) is 17.2 Å². The van der Waals surface area contributed by atoms with E-state index in [0.29, 0.717) is 18.1 Å². The fraction of sp³-hybridized carbons (Fsp3) is 0.269. The third-order valence-corrected chi connectivity index (χ3v) is 5.66. The number of rotatable bonds is 10. The zero-order chi connectivity index (χ0) is 23.2. The SMILES string of the molecule is COc1ccc(CCCCOc2cc(C3Nc4ccc(C(=O)O)cc4N3)ccc2OC)cc1. The van der Waals surface area contributed by atoms with Crippen LogP contribution in [0.2, 0.25) is 0 Å². The Balaban J connectivity index is 1.34. The predicted molar refractivity (Wildman–Crippen MR) is 128 cm³/mol. The molecule has 172 valence electrons. The van der Waals surface area contributed by atoms with Gasteiger partial charge in [-0.25, -0.2) is 4.79 Å². The zero-order valence-electron chi connectivity index (χ0n) is 18.8. The van der Waals surface area contributed by atoms with Gasteiger partial charge in [0.15, 0.2) is 11.5 Å². The lowest BCUT2D eigenvalue weighted by atomic mass is 10.1. The van der Waals surface area contributed by atoms with E-state index >= 15 is 0 Å². The molecule has 3 N–H and O–H groups in total. The molecular formula is C26H28N2O5. The number of methoxy groups -OCH3 is 2. The first-order chi connectivity index (χ1) is 16.1. The van der Waals surface area contributed by atoms with Gasteiger partial charge in [0.25, 0.3) is 0 Å². The molecule has 0 aliphatic carbocycles. The number of nitrogens with one attached hydrogen (secondary N) is 2. The molecule has 0 fully saturated rings. The van der Waals surface area contributed by atoms with E-state index in [1.807, 2.05) is 30.3 Å². The number of fused-ring (bicyclic) bond motifs is 1. The Morgan fingerprint density at radius 2 is 1.67 bits per heavy atom. The van der Waals surface area contributed by atoms with Crippen molar-refractivity contribution < 1.29 is 24.1 Å². The van der Waals surface area contributed by atoms with E-state index in [1.165, 1.54) is 5.56 Å². The molecule has 0 spiro atoms. The van der Waals surface area contributed by atoms with Gasteiger partial charge in [-0.2, -0.15) is 0 Å². The average Bonchev–Trinajstić information content (AvgIpc) is 3.27. The molecular weight excluding hydrogens is 420 g/mol. The number of hydrogen-bond donors (Lipinski definition) is 3. The summed E-state index contributed by atoms with van der Waals surface area (Å²) < 4.78 is 16.7. The van der Waals surface area contributed by atoms with E-state index in [0.717, 1.165) is 42.0 Å². The Morgan fingerprint density at radius 3 is 2.39 bits per heavy atom. The van der Waals surface area contributed by atoms with Crippen molar-refractivity contribution in [1.82, 2.24) is 0 Å². The fourth-order valence-electron chi connectivity index (χ4n) is 3.83. The number of aryl methyl sites for hydroxylation is 1. The van der Waals surface area contributed by atoms with Crippen molar-refractivity contribution in [2.24, 2.45) is 0 Å². The molecule has 33 heavy (non-hydrogen) atoms. The Labute approximate surface area is 193 Å². The molecule has 1 heterocycles. The molecule has 0 radical (unpaired) electrons. The minimum absolute atomic E-state index is 0.188. The van der Waals surface area contributed by atoms with Crippen LogP contribution in [0.1, 0.15) is 40.5 Å². The van der Waals surface area contributed by atoms with Crippen LogP contribution in [-0.4, -0.2) is 31.9 Å². The Kier molecular flexibility index (Phi) is 6.88. The number of unbranched alkanes of at least 4 members (excludes halogenated alkanes) is 1. The van der Waals surface area contributed by atoms with Gasteiger partial charge >= 0.3 is 5.97 Å². The van der Waals surface area contributed by atoms with Crippen LogP contribution in [0.25, 0.3) is 0 Å². The Hall–Kier alpha value is -3.87. The van der Waals surface area contributed by atoms with Crippen LogP contribution in [0.15, 0.2) is 60.7 Å². The molecule has 1 atom stereocenters. The topological polar surface area (TPSA) is 89.1 Å². The number of carboxylic acid groups (broad SMARTS) is 1. The summed E-state index contributed by atoms with van der Waals surface area (Å²) in [7, 11) is 3.30. The molecule has 4 rings (SSSR count). The van der Waals surface area contributed by atoms with Crippen LogP contribution in [-0.2, 0) is 6.42 Å². The zero-order valence-corrected chi connectivity index (χ0v) is 18.8. The lowest BCUT2D eigenvalue weighted by Gasteiger charge is -2.17. The van der Waals surface area contributed by atoms with E-state index < -0.39 is 5.97 Å². The molecule has 0 amide bonds. The monoisotopic (exact) mass is 448 g/mol. The van der Waals surface area contributed by atoms with Gasteiger partial charge in [0.1, 0.15) is 11.9 Å². The minimum Gasteiger partial charge on any atom is -0.497 e. The smallest absolute Gasteiger partial charge is 0.335 e. The van der Waals surface area contributed by atoms with Crippen molar-refractivity contribution in [2.75, 3.05) is 31.5 Å². The second-order valence-corrected chi connectivity index (χ2v) is 7.85. The van der Waals surface area contributed by atoms with E-state index in [4.69, 9.17) is 14.2 Å². The first kappa shape index (κ1) is 22.3. The molecule has 0 bridgehead atoms. The van der Waals surface area contributed by atoms with Crippen molar-refractivity contribution >= 4 is 17.3 Å². The van der Waals surface area contributed by atoms with Crippen LogP contribution in [0, 0.1) is 0 Å². The number of aromatic carboxylic acids is 1. The van der Waals surface area contributed by atoms with Gasteiger partial charge < -0.3 is 30.0 Å². The van der Waals surface area contributed by atoms with Gasteiger partial charge in [-0.1, -0.05) is 18.2 Å². The number of carboxylic acids is 1. The molecule has 0 saturated carbocycles. The maximum atomic E-state index is 11.2. The highest BCUT2D eigenvalue weighted by molar-refractivity contribution is 5.91. The molecule has 3 aromatic rings. The first-order valence-electron chi connectivity index (χ1n) is 10.9. The van der Waals surface area contributed by atoms with E-state index in [1.54, 1.807) is 32.4 Å². The highest BCUT2D eigenvalue weighted by atomic mass is 16.5. The van der Waals surface area contributed by atoms with Crippen LogP contribution < -0.4 is 24.8 Å². The number of benzene rings is 3. The van der Waals surface area contributed by atoms with Crippen molar-refractivity contribution in [3.05, 3.63) is 77.4 Å². The lowest BCUT2D eigenvalue weighted by Crippen LogP contribution is -2.12. The lowest BCUT2D eigenvalue weighted by molar-refractivity contribution is 0.0697. The maximum absolute atomic E-state index is 11.2. The van der Waals surface area contributed by atoms with Crippen LogP contribution >= 0.6 is 0 Å². The minimum atomic E-state index is -0.949. The highest BCUT2D eigenvalue weighted by Crippen LogP contribution is 2.38. The normalized spacial score (nSPS) is 14.1. The van der Waals surface area contributed by atoms with Gasteiger partial charge in [-0.05, 0) is 72.9 Å². The molecule has 7 heteroatoms. The second-order valence-electron chi connectivity index (χ2n) is 7.85. The van der Waals surface area contributed by atoms with E-state index in [2.05, 4.69) is 22.8 Å². The first-order valence-corrected chi connectivity index (χ1v) is 10.9. The summed E-state index contributed by atoms with van der Waals surface area (Å²) in [5.74, 6) is 1.28. The fourth-order valence-corrected chi connectivity index (χ4v) is 3.83. The third kappa shape index (κ3) is 5.31. The summed E-state index contributed by atoms with van der Waals surface area (Å²) in [6.07, 6.45) is 2.73. The summed E-state index contributed by atoms with van der Waals surface area (Å²) in [5.41, 5.74) is 4.12. The van der Waals surface area contributed by atoms with Crippen molar-refractivity contribution in [1.29, 1.82) is 0 Å². The molecule has 0 saturated heterocycles. The summed E-state index contributed by atoms with van der Waals surface area (Å²) in [4.78, 5) is 11.2. The van der Waals surface area contributed by atoms with Gasteiger partial charge in [-0.15, -0.1) is 0 Å². The summed E-state index contributed by atoms with van der Waals surface area (Å²) in [6.45, 7) is 0.587. The predicted octanol–water partition coefficient (Wildman–Crippen LogP) is 5.34. The quantitative estimate of drug-likeness (QED) is 0.361. The standard InChI is InChI=1S/C26H28N2O5/c1-31-20-10-6-17(7-11-20)5-3-4-14-33-24-16-18(9-13-23(24)32-2)25-27-21-12-8-19(26(29)30)15-22(21)28-25/h6-13,15-16,25,27-28H,3-5,14H2,1-2H3,(H,29,30). The number of anilines is 2. The Bertz CT molecular complexity index is 1110. The molecule has 1 unspecified atom stereocenters. The van der Waals surface area contributed by atoms with Crippen LogP contribution in [0.5, 0.6) is 17.2 Å². The van der Waals surface area contributed by atoms with Crippen molar-refractivity contribution in [2.45, 2.75) is 25.4 Å². The van der Waals surface area contributed by atoms with Crippen molar-refractivity contribution in [3.63, 3.8) is 0 Å². The van der Waals surface area contributed by atoms with E-state index in [9.17, 15) is 9.90 Å². The van der Waals surface area contributed by atoms with Gasteiger partial charge in [0, 0.05) is 0 Å². The second kappa shape index (κ2) is 10.2. The molecule has 3 aromatic carbocycles. The van der Waals surface area contributed by atoms with Gasteiger partial charge in [-0.3, -0.25) is 0 Å². The molecule has 1 aliphatic heterocycles. The third-order valence-electron chi connectivity index (χ3n) is 5.66. The largest absolute Gasteiger partial charge is 0.497 e. The Morgan fingerprint density at radius 1 is 0.879 bits per heavy atom. The van der Waals surface area contributed by atoms with Crippen LogP contribution in [0.4, 0.5) is 11.4 Å². The highest BCUT2D eigenvalue weighted by Gasteiger charge is 2.23. The van der Waals surface area contributed by atoms with E-state index in [-0.39, 0.29) is 11.7 Å².